The number of hydrogen-bond donors (Lipinski definition) is 1. The average Bonchev–Trinajstić information content (AvgIpc) is 2.58. The Morgan fingerprint density at radius 3 is 2.50 bits per heavy atom. The molecule has 2 nitrogen and oxygen atoms in total. The molecule has 2 heteroatoms. The molecule has 0 unspecified atom stereocenters. The zero-order valence-corrected chi connectivity index (χ0v) is 10.1. The lowest BCUT2D eigenvalue weighted by Crippen LogP contribution is -2.04. The van der Waals surface area contributed by atoms with Crippen LogP contribution in [0.1, 0.15) is 11.1 Å². The van der Waals surface area contributed by atoms with E-state index in [0.29, 0.717) is 6.54 Å². The predicted molar refractivity (Wildman–Crippen MR) is 76.2 cm³/mol. The monoisotopic (exact) mass is 234 g/mol. The Morgan fingerprint density at radius 1 is 0.944 bits per heavy atom. The molecular formula is C16H14N2. The van der Waals surface area contributed by atoms with E-state index in [1.807, 2.05) is 30.3 Å². The van der Waals surface area contributed by atoms with Crippen LogP contribution in [0.3, 0.4) is 0 Å². The van der Waals surface area contributed by atoms with Crippen LogP contribution in [0.4, 0.5) is 5.69 Å². The van der Waals surface area contributed by atoms with Crippen LogP contribution in [-0.4, -0.2) is 12.3 Å². The van der Waals surface area contributed by atoms with Crippen LogP contribution in [0.5, 0.6) is 0 Å². The van der Waals surface area contributed by atoms with Gasteiger partial charge in [-0.05, 0) is 6.07 Å². The third kappa shape index (κ3) is 1.93. The molecule has 1 N–H and O–H groups in total. The first-order valence-corrected chi connectivity index (χ1v) is 5.98. The summed E-state index contributed by atoms with van der Waals surface area (Å²) in [6.45, 7) is 4.59. The van der Waals surface area contributed by atoms with Gasteiger partial charge in [0.25, 0.3) is 0 Å². The molecule has 2 aromatic carbocycles. The maximum Gasteiger partial charge on any atom is 0.0791 e. The van der Waals surface area contributed by atoms with Gasteiger partial charge in [-0.15, -0.1) is 0 Å². The fourth-order valence-electron chi connectivity index (χ4n) is 2.13. The van der Waals surface area contributed by atoms with Gasteiger partial charge in [-0.3, -0.25) is 4.99 Å². The summed E-state index contributed by atoms with van der Waals surface area (Å²) in [7, 11) is 0. The molecule has 18 heavy (non-hydrogen) atoms. The largest absolute Gasteiger partial charge is 0.357 e. The van der Waals surface area contributed by atoms with E-state index in [1.54, 1.807) is 0 Å². The topological polar surface area (TPSA) is 24.4 Å². The van der Waals surface area contributed by atoms with E-state index >= 15 is 0 Å². The van der Waals surface area contributed by atoms with Gasteiger partial charge in [0.1, 0.15) is 0 Å². The molecule has 2 aromatic rings. The molecule has 0 saturated heterocycles. The van der Waals surface area contributed by atoms with Crippen molar-refractivity contribution in [1.29, 1.82) is 0 Å². The number of rotatable bonds is 1. The Kier molecular flexibility index (Phi) is 2.69. The second-order valence-corrected chi connectivity index (χ2v) is 4.30. The number of nitrogens with one attached hydrogen (secondary N) is 1. The lowest BCUT2D eigenvalue weighted by atomic mass is 10.0. The zero-order valence-electron chi connectivity index (χ0n) is 10.1. The maximum absolute atomic E-state index is 4.67. The normalized spacial score (nSPS) is 14.2. The van der Waals surface area contributed by atoms with Crippen molar-refractivity contribution >= 4 is 11.4 Å². The molecule has 0 spiro atoms. The molecule has 0 fully saturated rings. The third-order valence-electron chi connectivity index (χ3n) is 2.97. The summed E-state index contributed by atoms with van der Waals surface area (Å²) in [5.41, 5.74) is 5.29. The first-order chi connectivity index (χ1) is 8.84. The Labute approximate surface area is 107 Å². The second kappa shape index (κ2) is 4.49. The molecule has 0 radical (unpaired) electrons. The fraction of sp³-hybridized carbons (Fsp3) is 0.0625. The number of fused-ring (bicyclic) bond motifs is 1. The zero-order chi connectivity index (χ0) is 12.4. The van der Waals surface area contributed by atoms with Crippen LogP contribution < -0.4 is 5.32 Å². The van der Waals surface area contributed by atoms with Gasteiger partial charge in [-0.25, -0.2) is 0 Å². The molecule has 3 rings (SSSR count). The van der Waals surface area contributed by atoms with Gasteiger partial charge in [0.15, 0.2) is 0 Å². The van der Waals surface area contributed by atoms with Crippen molar-refractivity contribution in [1.82, 2.24) is 0 Å². The van der Waals surface area contributed by atoms with E-state index in [0.717, 1.165) is 28.2 Å². The van der Waals surface area contributed by atoms with Crippen molar-refractivity contribution in [2.24, 2.45) is 4.99 Å². The Bertz CT molecular complexity index is 612. The van der Waals surface area contributed by atoms with Gasteiger partial charge >= 0.3 is 0 Å². The van der Waals surface area contributed by atoms with Crippen molar-refractivity contribution in [3.05, 3.63) is 78.0 Å². The van der Waals surface area contributed by atoms with Crippen molar-refractivity contribution in [2.45, 2.75) is 0 Å². The van der Waals surface area contributed by atoms with Crippen LogP contribution >= 0.6 is 0 Å². The van der Waals surface area contributed by atoms with Gasteiger partial charge in [0.05, 0.1) is 12.3 Å². The highest BCUT2D eigenvalue weighted by molar-refractivity contribution is 6.16. The third-order valence-corrected chi connectivity index (χ3v) is 2.97. The predicted octanol–water partition coefficient (Wildman–Crippen LogP) is 3.46. The Hall–Kier alpha value is -2.35. The molecule has 0 bridgehead atoms. The average molecular weight is 234 g/mol. The van der Waals surface area contributed by atoms with E-state index in [9.17, 15) is 0 Å². The van der Waals surface area contributed by atoms with Crippen molar-refractivity contribution < 1.29 is 0 Å². The maximum atomic E-state index is 4.67. The summed E-state index contributed by atoms with van der Waals surface area (Å²) in [6, 6.07) is 18.5. The first kappa shape index (κ1) is 10.8. The molecule has 0 saturated carbocycles. The highest BCUT2D eigenvalue weighted by atomic mass is 14.9. The highest BCUT2D eigenvalue weighted by Crippen LogP contribution is 2.23. The number of aliphatic imine (C=N–C) groups is 1. The van der Waals surface area contributed by atoms with Crippen molar-refractivity contribution in [2.75, 3.05) is 11.9 Å². The minimum absolute atomic E-state index is 0.610. The van der Waals surface area contributed by atoms with Gasteiger partial charge in [-0.1, -0.05) is 55.1 Å². The lowest BCUT2D eigenvalue weighted by molar-refractivity contribution is 1.16. The number of para-hydroxylation sites is 1. The summed E-state index contributed by atoms with van der Waals surface area (Å²) in [5.74, 6) is 0. The van der Waals surface area contributed by atoms with Crippen LogP contribution in [0.15, 0.2) is 71.9 Å². The summed E-state index contributed by atoms with van der Waals surface area (Å²) in [4.78, 5) is 4.67. The highest BCUT2D eigenvalue weighted by Gasteiger charge is 2.14. The minimum Gasteiger partial charge on any atom is -0.357 e. The molecule has 88 valence electrons. The summed E-state index contributed by atoms with van der Waals surface area (Å²) in [5, 5.41) is 3.31. The Morgan fingerprint density at radius 2 is 1.67 bits per heavy atom. The van der Waals surface area contributed by atoms with E-state index in [-0.39, 0.29) is 0 Å². The Balaban J connectivity index is 2.17. The van der Waals surface area contributed by atoms with Crippen molar-refractivity contribution in [3.8, 4) is 0 Å². The van der Waals surface area contributed by atoms with Gasteiger partial charge in [0, 0.05) is 22.5 Å². The summed E-state index contributed by atoms with van der Waals surface area (Å²) < 4.78 is 0. The minimum atomic E-state index is 0.610. The van der Waals surface area contributed by atoms with Crippen LogP contribution in [0.2, 0.25) is 0 Å². The van der Waals surface area contributed by atoms with Crippen LogP contribution in [-0.2, 0) is 0 Å². The lowest BCUT2D eigenvalue weighted by Gasteiger charge is -2.10. The van der Waals surface area contributed by atoms with E-state index in [1.165, 1.54) is 0 Å². The molecule has 0 atom stereocenters. The van der Waals surface area contributed by atoms with Gasteiger partial charge < -0.3 is 5.32 Å². The summed E-state index contributed by atoms with van der Waals surface area (Å²) in [6.07, 6.45) is 0. The molecule has 1 heterocycles. The second-order valence-electron chi connectivity index (χ2n) is 4.30. The molecular weight excluding hydrogens is 220 g/mol. The van der Waals surface area contributed by atoms with E-state index in [4.69, 9.17) is 0 Å². The van der Waals surface area contributed by atoms with E-state index in [2.05, 4.69) is 41.2 Å². The molecule has 0 aromatic heterocycles. The van der Waals surface area contributed by atoms with Crippen LogP contribution in [0, 0.1) is 0 Å². The SMILES string of the molecule is C=C1CN=C(c2ccccc2)c2ccccc2N1. The van der Waals surface area contributed by atoms with Crippen molar-refractivity contribution in [3.63, 3.8) is 0 Å². The van der Waals surface area contributed by atoms with Gasteiger partial charge in [-0.2, -0.15) is 0 Å². The molecule has 0 aliphatic carbocycles. The van der Waals surface area contributed by atoms with Crippen LogP contribution in [0.25, 0.3) is 0 Å². The van der Waals surface area contributed by atoms with Gasteiger partial charge in [0.2, 0.25) is 0 Å². The quantitative estimate of drug-likeness (QED) is 0.802. The number of benzene rings is 2. The first-order valence-electron chi connectivity index (χ1n) is 5.98. The molecule has 1 aliphatic rings. The molecule has 0 amide bonds. The summed E-state index contributed by atoms with van der Waals surface area (Å²) >= 11 is 0. The van der Waals surface area contributed by atoms with E-state index < -0.39 is 0 Å². The number of hydrogen-bond acceptors (Lipinski definition) is 2. The standard InChI is InChI=1S/C16H14N2/c1-12-11-17-16(13-7-3-2-4-8-13)14-9-5-6-10-15(14)18-12/h2-10,18H,1,11H2. The number of benzodiazepines with no additional fused rings is 1. The number of anilines is 1. The smallest absolute Gasteiger partial charge is 0.0791 e. The number of nitrogens with zero attached hydrogens (tertiary/aromatic N) is 1. The molecule has 1 aliphatic heterocycles. The fourth-order valence-corrected chi connectivity index (χ4v) is 2.13.